The molecule has 0 aromatic carbocycles. The van der Waals surface area contributed by atoms with Gasteiger partial charge in [0.15, 0.2) is 0 Å². The van der Waals surface area contributed by atoms with E-state index in [1.807, 2.05) is 0 Å². The minimum Gasteiger partial charge on any atom is -0.0654 e. The highest BCUT2D eigenvalue weighted by atomic mass is 14.4. The van der Waals surface area contributed by atoms with E-state index in [2.05, 4.69) is 20.8 Å². The molecule has 2 unspecified atom stereocenters. The first kappa shape index (κ1) is 15.1. The Morgan fingerprint density at radius 3 is 2.00 bits per heavy atom. The fourth-order valence-electron chi connectivity index (χ4n) is 2.99. The molecule has 102 valence electrons. The second-order valence-electron chi connectivity index (χ2n) is 6.64. The standard InChI is InChI=1S/C17H34/c1-4-5-6-7-8-12-16-14-17(16)13-10-9-11-15(2)3/h15-17H,4-14H2,1-3H3. The molecule has 0 nitrogen and oxygen atoms in total. The van der Waals surface area contributed by atoms with E-state index in [-0.39, 0.29) is 0 Å². The normalized spacial score (nSPS) is 23.3. The molecule has 0 aromatic heterocycles. The minimum atomic E-state index is 0.906. The van der Waals surface area contributed by atoms with Crippen LogP contribution in [0.25, 0.3) is 0 Å². The minimum absolute atomic E-state index is 0.906. The van der Waals surface area contributed by atoms with Gasteiger partial charge in [-0.2, -0.15) is 0 Å². The Kier molecular flexibility index (Phi) is 7.97. The van der Waals surface area contributed by atoms with Gasteiger partial charge >= 0.3 is 0 Å². The molecule has 0 N–H and O–H groups in total. The molecule has 0 heterocycles. The predicted molar refractivity (Wildman–Crippen MR) is 78.3 cm³/mol. The molecule has 0 aliphatic heterocycles. The van der Waals surface area contributed by atoms with Crippen LogP contribution in [-0.4, -0.2) is 0 Å². The predicted octanol–water partition coefficient (Wildman–Crippen LogP) is 6.20. The Labute approximate surface area is 110 Å². The van der Waals surface area contributed by atoms with Crippen LogP contribution in [0, 0.1) is 17.8 Å². The number of unbranched alkanes of at least 4 members (excludes halogenated alkanes) is 5. The van der Waals surface area contributed by atoms with E-state index in [4.69, 9.17) is 0 Å². The highest BCUT2D eigenvalue weighted by Crippen LogP contribution is 2.45. The summed E-state index contributed by atoms with van der Waals surface area (Å²) < 4.78 is 0. The van der Waals surface area contributed by atoms with E-state index in [1.54, 1.807) is 12.8 Å². The Balaban J connectivity index is 1.81. The first-order valence-corrected chi connectivity index (χ1v) is 8.24. The molecule has 1 saturated carbocycles. The van der Waals surface area contributed by atoms with Gasteiger partial charge in [0.2, 0.25) is 0 Å². The van der Waals surface area contributed by atoms with Gasteiger partial charge in [0.1, 0.15) is 0 Å². The maximum Gasteiger partial charge on any atom is -0.0383 e. The van der Waals surface area contributed by atoms with E-state index in [0.717, 1.165) is 17.8 Å². The molecule has 1 aliphatic carbocycles. The summed E-state index contributed by atoms with van der Waals surface area (Å²) in [5.74, 6) is 3.17. The van der Waals surface area contributed by atoms with Crippen molar-refractivity contribution in [1.29, 1.82) is 0 Å². The van der Waals surface area contributed by atoms with E-state index in [0.29, 0.717) is 0 Å². The van der Waals surface area contributed by atoms with Gasteiger partial charge in [-0.25, -0.2) is 0 Å². The van der Waals surface area contributed by atoms with Crippen molar-refractivity contribution in [2.45, 2.75) is 91.4 Å². The second-order valence-corrected chi connectivity index (χ2v) is 6.64. The Morgan fingerprint density at radius 2 is 1.41 bits per heavy atom. The molecule has 0 amide bonds. The van der Waals surface area contributed by atoms with Crippen LogP contribution in [-0.2, 0) is 0 Å². The Hall–Kier alpha value is 0. The molecule has 0 heteroatoms. The van der Waals surface area contributed by atoms with E-state index in [1.165, 1.54) is 57.8 Å². The number of hydrogen-bond acceptors (Lipinski definition) is 0. The van der Waals surface area contributed by atoms with Gasteiger partial charge in [-0.1, -0.05) is 85.0 Å². The Bertz CT molecular complexity index is 171. The lowest BCUT2D eigenvalue weighted by atomic mass is 10.0. The van der Waals surface area contributed by atoms with Crippen LogP contribution in [0.15, 0.2) is 0 Å². The lowest BCUT2D eigenvalue weighted by Crippen LogP contribution is -1.89. The zero-order valence-corrected chi connectivity index (χ0v) is 12.5. The monoisotopic (exact) mass is 238 g/mol. The molecule has 0 spiro atoms. The number of hydrogen-bond donors (Lipinski definition) is 0. The Morgan fingerprint density at radius 1 is 0.824 bits per heavy atom. The topological polar surface area (TPSA) is 0 Å². The summed E-state index contributed by atoms with van der Waals surface area (Å²) in [6.45, 7) is 6.99. The summed E-state index contributed by atoms with van der Waals surface area (Å²) in [7, 11) is 0. The quantitative estimate of drug-likeness (QED) is 0.376. The van der Waals surface area contributed by atoms with Crippen LogP contribution in [0.1, 0.15) is 91.4 Å². The zero-order valence-electron chi connectivity index (χ0n) is 12.5. The number of rotatable bonds is 11. The molecule has 0 bridgehead atoms. The summed E-state index contributed by atoms with van der Waals surface area (Å²) in [6, 6.07) is 0. The molecule has 1 rings (SSSR count). The van der Waals surface area contributed by atoms with Crippen LogP contribution in [0.4, 0.5) is 0 Å². The molecule has 0 saturated heterocycles. The van der Waals surface area contributed by atoms with Crippen LogP contribution < -0.4 is 0 Å². The van der Waals surface area contributed by atoms with Crippen molar-refractivity contribution in [2.75, 3.05) is 0 Å². The van der Waals surface area contributed by atoms with E-state index >= 15 is 0 Å². The van der Waals surface area contributed by atoms with Gasteiger partial charge in [0.05, 0.1) is 0 Å². The summed E-state index contributed by atoms with van der Waals surface area (Å²) in [5, 5.41) is 0. The smallest absolute Gasteiger partial charge is 0.0383 e. The van der Waals surface area contributed by atoms with Crippen molar-refractivity contribution in [2.24, 2.45) is 17.8 Å². The fraction of sp³-hybridized carbons (Fsp3) is 1.00. The van der Waals surface area contributed by atoms with Crippen LogP contribution >= 0.6 is 0 Å². The lowest BCUT2D eigenvalue weighted by molar-refractivity contribution is 0.493. The second kappa shape index (κ2) is 9.00. The SMILES string of the molecule is CCCCCCCC1CC1CCCCC(C)C. The largest absolute Gasteiger partial charge is 0.0654 e. The van der Waals surface area contributed by atoms with Crippen LogP contribution in [0.3, 0.4) is 0 Å². The molecule has 17 heavy (non-hydrogen) atoms. The average molecular weight is 238 g/mol. The van der Waals surface area contributed by atoms with Gasteiger partial charge in [-0.15, -0.1) is 0 Å². The van der Waals surface area contributed by atoms with Crippen molar-refractivity contribution in [3.8, 4) is 0 Å². The maximum absolute atomic E-state index is 2.34. The first-order chi connectivity index (χ1) is 8.24. The van der Waals surface area contributed by atoms with E-state index in [9.17, 15) is 0 Å². The van der Waals surface area contributed by atoms with Gasteiger partial charge < -0.3 is 0 Å². The summed E-state index contributed by atoms with van der Waals surface area (Å²) in [6.07, 6.45) is 16.3. The van der Waals surface area contributed by atoms with Crippen molar-refractivity contribution < 1.29 is 0 Å². The average Bonchev–Trinajstić information content (AvgIpc) is 3.03. The molecule has 0 aromatic rings. The van der Waals surface area contributed by atoms with Gasteiger partial charge in [0, 0.05) is 0 Å². The molecule has 0 radical (unpaired) electrons. The van der Waals surface area contributed by atoms with Crippen molar-refractivity contribution in [3.05, 3.63) is 0 Å². The highest BCUT2D eigenvalue weighted by Gasteiger charge is 2.34. The summed E-state index contributed by atoms with van der Waals surface area (Å²) >= 11 is 0. The third kappa shape index (κ3) is 7.84. The summed E-state index contributed by atoms with van der Waals surface area (Å²) in [5.41, 5.74) is 0. The molecular formula is C17H34. The molecular weight excluding hydrogens is 204 g/mol. The molecule has 1 fully saturated rings. The third-order valence-corrected chi connectivity index (χ3v) is 4.35. The zero-order chi connectivity index (χ0) is 12.5. The summed E-state index contributed by atoms with van der Waals surface area (Å²) in [4.78, 5) is 0. The van der Waals surface area contributed by atoms with Gasteiger partial charge in [0.25, 0.3) is 0 Å². The molecule has 1 aliphatic rings. The van der Waals surface area contributed by atoms with Crippen LogP contribution in [0.2, 0.25) is 0 Å². The molecule has 2 atom stereocenters. The van der Waals surface area contributed by atoms with Crippen LogP contribution in [0.5, 0.6) is 0 Å². The fourth-order valence-corrected chi connectivity index (χ4v) is 2.99. The highest BCUT2D eigenvalue weighted by molar-refractivity contribution is 4.85. The first-order valence-electron chi connectivity index (χ1n) is 8.24. The van der Waals surface area contributed by atoms with Gasteiger partial charge in [-0.3, -0.25) is 0 Å². The third-order valence-electron chi connectivity index (χ3n) is 4.35. The lowest BCUT2D eigenvalue weighted by Gasteiger charge is -2.04. The van der Waals surface area contributed by atoms with Crippen molar-refractivity contribution >= 4 is 0 Å². The van der Waals surface area contributed by atoms with Crippen molar-refractivity contribution in [3.63, 3.8) is 0 Å². The van der Waals surface area contributed by atoms with E-state index < -0.39 is 0 Å². The van der Waals surface area contributed by atoms with Gasteiger partial charge in [-0.05, 0) is 24.2 Å². The van der Waals surface area contributed by atoms with Crippen molar-refractivity contribution in [1.82, 2.24) is 0 Å². The maximum atomic E-state index is 2.34.